The van der Waals surface area contributed by atoms with Crippen molar-refractivity contribution < 1.29 is 4.74 Å². The summed E-state index contributed by atoms with van der Waals surface area (Å²) in [5, 5.41) is 0. The fourth-order valence-corrected chi connectivity index (χ4v) is 1.54. The Morgan fingerprint density at radius 2 is 2.21 bits per heavy atom. The lowest BCUT2D eigenvalue weighted by atomic mass is 10.2. The molecule has 14 heavy (non-hydrogen) atoms. The van der Waals surface area contributed by atoms with Crippen molar-refractivity contribution in [1.82, 2.24) is 9.97 Å². The van der Waals surface area contributed by atoms with E-state index in [9.17, 15) is 0 Å². The van der Waals surface area contributed by atoms with E-state index in [-0.39, 0.29) is 0 Å². The van der Waals surface area contributed by atoms with Crippen molar-refractivity contribution in [3.8, 4) is 0 Å². The fraction of sp³-hybridized carbons (Fsp3) is 0.600. The molecule has 78 valence electrons. The Morgan fingerprint density at radius 3 is 2.79 bits per heavy atom. The molecule has 0 unspecified atom stereocenters. The summed E-state index contributed by atoms with van der Waals surface area (Å²) >= 11 is 5.17. The molecule has 0 saturated heterocycles. The first-order valence-corrected chi connectivity index (χ1v) is 5.17. The molecule has 0 radical (unpaired) electrons. The number of H-pyrrole nitrogens is 1. The molecule has 1 N–H and O–H groups in total. The van der Waals surface area contributed by atoms with Crippen molar-refractivity contribution in [1.29, 1.82) is 0 Å². The maximum Gasteiger partial charge on any atom is 0.132 e. The highest BCUT2D eigenvalue weighted by molar-refractivity contribution is 7.71. The molecule has 4 heteroatoms. The van der Waals surface area contributed by atoms with Gasteiger partial charge in [0, 0.05) is 24.8 Å². The van der Waals surface area contributed by atoms with Gasteiger partial charge in [-0.2, -0.15) is 0 Å². The summed E-state index contributed by atoms with van der Waals surface area (Å²) in [5.74, 6) is 0.916. The van der Waals surface area contributed by atoms with Crippen LogP contribution in [0.2, 0.25) is 0 Å². The molecule has 1 aromatic rings. The van der Waals surface area contributed by atoms with Gasteiger partial charge in [-0.05, 0) is 13.3 Å². The summed E-state index contributed by atoms with van der Waals surface area (Å²) in [5.41, 5.74) is 2.26. The van der Waals surface area contributed by atoms with Crippen LogP contribution in [0.3, 0.4) is 0 Å². The zero-order valence-corrected chi connectivity index (χ0v) is 9.70. The zero-order valence-electron chi connectivity index (χ0n) is 8.89. The van der Waals surface area contributed by atoms with E-state index < -0.39 is 0 Å². The Bertz CT molecular complexity index is 360. The van der Waals surface area contributed by atoms with Gasteiger partial charge < -0.3 is 9.72 Å². The minimum absolute atomic E-state index is 0.671. The maximum atomic E-state index is 5.17. The van der Waals surface area contributed by atoms with Gasteiger partial charge in [0.25, 0.3) is 0 Å². The number of nitrogens with zero attached hydrogens (tertiary/aromatic N) is 1. The molecule has 1 aromatic heterocycles. The second-order valence-electron chi connectivity index (χ2n) is 3.19. The fourth-order valence-electron chi connectivity index (χ4n) is 1.30. The van der Waals surface area contributed by atoms with E-state index >= 15 is 0 Å². The minimum atomic E-state index is 0.671. The molecule has 1 heterocycles. The quantitative estimate of drug-likeness (QED) is 0.777. The molecule has 0 aromatic carbocycles. The molecule has 0 aliphatic heterocycles. The second kappa shape index (κ2) is 5.22. The number of methoxy groups -OCH3 is 1. The van der Waals surface area contributed by atoms with Gasteiger partial charge in [-0.15, -0.1) is 0 Å². The van der Waals surface area contributed by atoms with Gasteiger partial charge in [0.2, 0.25) is 0 Å². The molecular formula is C10H16N2OS. The first-order valence-electron chi connectivity index (χ1n) is 4.76. The molecule has 0 atom stereocenters. The summed E-state index contributed by atoms with van der Waals surface area (Å²) in [6.07, 6.45) is 1.74. The lowest BCUT2D eigenvalue weighted by Gasteiger charge is -2.07. The molecule has 0 aliphatic carbocycles. The SMILES string of the molecule is CCc1[nH]c(CCOC)nc(=S)c1C. The van der Waals surface area contributed by atoms with Crippen molar-refractivity contribution in [3.05, 3.63) is 21.7 Å². The van der Waals surface area contributed by atoms with Crippen LogP contribution in [-0.2, 0) is 17.6 Å². The van der Waals surface area contributed by atoms with Crippen LogP contribution in [0.4, 0.5) is 0 Å². The van der Waals surface area contributed by atoms with Crippen LogP contribution in [0.1, 0.15) is 24.0 Å². The number of hydrogen-bond donors (Lipinski definition) is 1. The molecule has 1 rings (SSSR count). The van der Waals surface area contributed by atoms with E-state index in [2.05, 4.69) is 16.9 Å². The van der Waals surface area contributed by atoms with Gasteiger partial charge in [-0.1, -0.05) is 19.1 Å². The minimum Gasteiger partial charge on any atom is -0.384 e. The van der Waals surface area contributed by atoms with Gasteiger partial charge in [-0.3, -0.25) is 0 Å². The van der Waals surface area contributed by atoms with Crippen molar-refractivity contribution in [3.63, 3.8) is 0 Å². The van der Waals surface area contributed by atoms with Crippen LogP contribution >= 0.6 is 12.2 Å². The Labute approximate surface area is 89.5 Å². The van der Waals surface area contributed by atoms with Crippen molar-refractivity contribution in [2.45, 2.75) is 26.7 Å². The Kier molecular flexibility index (Phi) is 4.22. The van der Waals surface area contributed by atoms with E-state index in [1.807, 2.05) is 6.92 Å². The summed E-state index contributed by atoms with van der Waals surface area (Å²) in [6.45, 7) is 4.78. The number of aryl methyl sites for hydroxylation is 1. The molecule has 0 aliphatic rings. The first-order chi connectivity index (χ1) is 6.69. The smallest absolute Gasteiger partial charge is 0.132 e. The maximum absolute atomic E-state index is 5.17. The van der Waals surface area contributed by atoms with Crippen LogP contribution in [-0.4, -0.2) is 23.7 Å². The van der Waals surface area contributed by atoms with Crippen LogP contribution in [0.15, 0.2) is 0 Å². The van der Waals surface area contributed by atoms with Gasteiger partial charge in [0.1, 0.15) is 10.5 Å². The lowest BCUT2D eigenvalue weighted by molar-refractivity contribution is 0.200. The summed E-state index contributed by atoms with van der Waals surface area (Å²) in [7, 11) is 1.68. The standard InChI is InChI=1S/C10H16N2OS/c1-4-8-7(2)10(14)12-9(11-8)5-6-13-3/h4-6H2,1-3H3,(H,11,12,14). The number of hydrogen-bond acceptors (Lipinski definition) is 3. The van der Waals surface area contributed by atoms with E-state index in [0.29, 0.717) is 11.2 Å². The Hall–Kier alpha value is -0.740. The van der Waals surface area contributed by atoms with E-state index in [1.54, 1.807) is 7.11 Å². The van der Waals surface area contributed by atoms with Crippen molar-refractivity contribution in [2.24, 2.45) is 0 Å². The number of rotatable bonds is 4. The largest absolute Gasteiger partial charge is 0.384 e. The molecule has 0 amide bonds. The van der Waals surface area contributed by atoms with Crippen molar-refractivity contribution >= 4 is 12.2 Å². The van der Waals surface area contributed by atoms with Crippen LogP contribution in [0.25, 0.3) is 0 Å². The number of ether oxygens (including phenoxy) is 1. The van der Waals surface area contributed by atoms with Crippen LogP contribution < -0.4 is 0 Å². The van der Waals surface area contributed by atoms with Gasteiger partial charge >= 0.3 is 0 Å². The van der Waals surface area contributed by atoms with E-state index in [0.717, 1.165) is 24.2 Å². The van der Waals surface area contributed by atoms with Gasteiger partial charge in [0.05, 0.1) is 6.61 Å². The highest BCUT2D eigenvalue weighted by Crippen LogP contribution is 2.07. The first kappa shape index (κ1) is 11.3. The normalized spacial score (nSPS) is 10.5. The number of nitrogens with one attached hydrogen (secondary N) is 1. The Morgan fingerprint density at radius 1 is 1.50 bits per heavy atom. The topological polar surface area (TPSA) is 37.9 Å². The highest BCUT2D eigenvalue weighted by Gasteiger charge is 2.02. The third kappa shape index (κ3) is 2.62. The zero-order chi connectivity index (χ0) is 10.6. The van der Waals surface area contributed by atoms with Gasteiger partial charge in [0.15, 0.2) is 0 Å². The average molecular weight is 212 g/mol. The predicted octanol–water partition coefficient (Wildman–Crippen LogP) is 2.20. The average Bonchev–Trinajstić information content (AvgIpc) is 2.19. The molecule has 0 spiro atoms. The third-order valence-electron chi connectivity index (χ3n) is 2.20. The second-order valence-corrected chi connectivity index (χ2v) is 3.58. The van der Waals surface area contributed by atoms with Crippen LogP contribution in [0.5, 0.6) is 0 Å². The highest BCUT2D eigenvalue weighted by atomic mass is 32.1. The number of aromatic amines is 1. The van der Waals surface area contributed by atoms with Crippen molar-refractivity contribution in [2.75, 3.05) is 13.7 Å². The predicted molar refractivity (Wildman–Crippen MR) is 59.1 cm³/mol. The summed E-state index contributed by atoms with van der Waals surface area (Å²) in [4.78, 5) is 7.58. The van der Waals surface area contributed by atoms with E-state index in [4.69, 9.17) is 17.0 Å². The van der Waals surface area contributed by atoms with Gasteiger partial charge in [-0.25, -0.2) is 4.98 Å². The molecule has 0 saturated carbocycles. The summed E-state index contributed by atoms with van der Waals surface area (Å²) in [6, 6.07) is 0. The molecule has 3 nitrogen and oxygen atoms in total. The molecule has 0 bridgehead atoms. The molecule has 0 fully saturated rings. The monoisotopic (exact) mass is 212 g/mol. The number of aromatic nitrogens is 2. The third-order valence-corrected chi connectivity index (χ3v) is 2.60. The molecular weight excluding hydrogens is 196 g/mol. The van der Waals surface area contributed by atoms with E-state index in [1.165, 1.54) is 5.69 Å². The van der Waals surface area contributed by atoms with Crippen LogP contribution in [0, 0.1) is 11.6 Å². The Balaban J connectivity index is 2.98. The summed E-state index contributed by atoms with van der Waals surface area (Å²) < 4.78 is 5.70. The lowest BCUT2D eigenvalue weighted by Crippen LogP contribution is -2.05.